The Hall–Kier alpha value is -2.90. The fourth-order valence-corrected chi connectivity index (χ4v) is 3.36. The second kappa shape index (κ2) is 9.34. The normalized spacial score (nSPS) is 13.5. The van der Waals surface area contributed by atoms with E-state index in [1.165, 1.54) is 0 Å². The second-order valence-electron chi connectivity index (χ2n) is 6.54. The summed E-state index contributed by atoms with van der Waals surface area (Å²) in [5.74, 6) is -2.05. The number of carboxylic acid groups (broad SMARTS) is 1. The number of rotatable bonds is 9. The minimum absolute atomic E-state index is 0.0503. The monoisotopic (exact) mass is 385 g/mol. The highest BCUT2D eigenvalue weighted by atomic mass is 16.5. The number of ether oxygens (including phenoxy) is 2. The lowest BCUT2D eigenvalue weighted by molar-refractivity contribution is -0.143. The molecule has 0 heterocycles. The molecule has 3 rings (SSSR count). The van der Waals surface area contributed by atoms with Crippen molar-refractivity contribution in [1.29, 1.82) is 0 Å². The van der Waals surface area contributed by atoms with Crippen LogP contribution in [0.5, 0.6) is 0 Å². The average Bonchev–Trinajstić information content (AvgIpc) is 3.02. The van der Waals surface area contributed by atoms with Crippen LogP contribution in [0.4, 0.5) is 4.79 Å². The molecule has 0 saturated heterocycles. The van der Waals surface area contributed by atoms with Crippen LogP contribution in [0.3, 0.4) is 0 Å². The summed E-state index contributed by atoms with van der Waals surface area (Å²) in [7, 11) is 0. The Kier molecular flexibility index (Phi) is 6.62. The van der Waals surface area contributed by atoms with Gasteiger partial charge in [0.05, 0.1) is 25.7 Å². The number of fused-ring (bicyclic) bond motifs is 3. The second-order valence-corrected chi connectivity index (χ2v) is 6.54. The molecule has 7 heteroatoms. The Morgan fingerprint density at radius 2 is 1.64 bits per heavy atom. The first-order valence-corrected chi connectivity index (χ1v) is 9.12. The summed E-state index contributed by atoms with van der Waals surface area (Å²) in [6, 6.07) is 16.0. The standard InChI is InChI=1S/C21H23NO6/c23-9-10-27-12-14(20(24)25)11-22-21(26)28-13-19-17-7-3-1-5-15(17)16-6-2-4-8-18(16)19/h1-8,14,19,23H,9-13H2,(H,22,26)(H,24,25). The molecular formula is C21H23NO6. The molecule has 1 aliphatic rings. The maximum atomic E-state index is 12.1. The number of hydrogen-bond acceptors (Lipinski definition) is 5. The lowest BCUT2D eigenvalue weighted by Crippen LogP contribution is -2.36. The van der Waals surface area contributed by atoms with Gasteiger partial charge >= 0.3 is 12.1 Å². The Morgan fingerprint density at radius 3 is 2.21 bits per heavy atom. The summed E-state index contributed by atoms with van der Waals surface area (Å²) in [5, 5.41) is 20.3. The van der Waals surface area contributed by atoms with E-state index in [2.05, 4.69) is 17.4 Å². The third-order valence-corrected chi connectivity index (χ3v) is 4.74. The molecule has 7 nitrogen and oxygen atoms in total. The molecule has 0 aliphatic heterocycles. The van der Waals surface area contributed by atoms with Crippen molar-refractivity contribution in [2.75, 3.05) is 33.0 Å². The lowest BCUT2D eigenvalue weighted by Gasteiger charge is -2.16. The Bertz CT molecular complexity index is 792. The van der Waals surface area contributed by atoms with E-state index in [0.717, 1.165) is 22.3 Å². The van der Waals surface area contributed by atoms with Gasteiger partial charge in [-0.2, -0.15) is 0 Å². The molecular weight excluding hydrogens is 362 g/mol. The van der Waals surface area contributed by atoms with Gasteiger partial charge in [0.25, 0.3) is 0 Å². The smallest absolute Gasteiger partial charge is 0.407 e. The average molecular weight is 385 g/mol. The van der Waals surface area contributed by atoms with Crippen molar-refractivity contribution < 1.29 is 29.3 Å². The molecule has 1 unspecified atom stereocenters. The van der Waals surface area contributed by atoms with Crippen LogP contribution in [0, 0.1) is 5.92 Å². The number of alkyl carbamates (subject to hydrolysis) is 1. The van der Waals surface area contributed by atoms with Crippen LogP contribution in [0.15, 0.2) is 48.5 Å². The first kappa shape index (κ1) is 19.9. The number of aliphatic hydroxyl groups excluding tert-OH is 1. The maximum absolute atomic E-state index is 12.1. The lowest BCUT2D eigenvalue weighted by atomic mass is 9.98. The SMILES string of the molecule is O=C(NCC(COCCO)C(=O)O)OCC1c2ccccc2-c2ccccc21. The molecule has 1 amide bonds. The molecule has 2 aromatic carbocycles. The maximum Gasteiger partial charge on any atom is 0.407 e. The van der Waals surface area contributed by atoms with E-state index >= 15 is 0 Å². The van der Waals surface area contributed by atoms with Crippen LogP contribution < -0.4 is 5.32 Å². The summed E-state index contributed by atoms with van der Waals surface area (Å²) < 4.78 is 10.4. The molecule has 0 saturated carbocycles. The highest BCUT2D eigenvalue weighted by Gasteiger charge is 2.29. The number of carboxylic acids is 1. The minimum Gasteiger partial charge on any atom is -0.481 e. The van der Waals surface area contributed by atoms with Gasteiger partial charge in [0, 0.05) is 12.5 Å². The third kappa shape index (κ3) is 4.49. The van der Waals surface area contributed by atoms with Gasteiger partial charge in [-0.3, -0.25) is 4.79 Å². The van der Waals surface area contributed by atoms with E-state index in [9.17, 15) is 14.7 Å². The topological polar surface area (TPSA) is 105 Å². The molecule has 0 spiro atoms. The van der Waals surface area contributed by atoms with Gasteiger partial charge in [-0.1, -0.05) is 48.5 Å². The van der Waals surface area contributed by atoms with Crippen LogP contribution >= 0.6 is 0 Å². The summed E-state index contributed by atoms with van der Waals surface area (Å²) >= 11 is 0. The van der Waals surface area contributed by atoms with Crippen molar-refractivity contribution >= 4 is 12.1 Å². The Balaban J connectivity index is 1.57. The zero-order chi connectivity index (χ0) is 19.9. The number of carbonyl (C=O) groups excluding carboxylic acids is 1. The van der Waals surface area contributed by atoms with Crippen LogP contribution in [-0.4, -0.2) is 55.2 Å². The Labute approximate surface area is 162 Å². The number of aliphatic carboxylic acids is 1. The molecule has 1 aliphatic carbocycles. The molecule has 0 aromatic heterocycles. The summed E-state index contributed by atoms with van der Waals surface area (Å²) in [6.07, 6.45) is -0.671. The molecule has 148 valence electrons. The zero-order valence-corrected chi connectivity index (χ0v) is 15.3. The highest BCUT2D eigenvalue weighted by molar-refractivity contribution is 5.79. The molecule has 2 aromatic rings. The van der Waals surface area contributed by atoms with E-state index in [4.69, 9.17) is 14.6 Å². The molecule has 0 radical (unpaired) electrons. The minimum atomic E-state index is -1.09. The van der Waals surface area contributed by atoms with Crippen molar-refractivity contribution in [2.45, 2.75) is 5.92 Å². The summed E-state index contributed by atoms with van der Waals surface area (Å²) in [5.41, 5.74) is 4.49. The highest BCUT2D eigenvalue weighted by Crippen LogP contribution is 2.44. The number of nitrogens with one attached hydrogen (secondary N) is 1. The van der Waals surface area contributed by atoms with Crippen molar-refractivity contribution in [3.05, 3.63) is 59.7 Å². The predicted octanol–water partition coefficient (Wildman–Crippen LogP) is 2.23. The number of amides is 1. The van der Waals surface area contributed by atoms with Crippen LogP contribution in [0.25, 0.3) is 11.1 Å². The number of hydrogen-bond donors (Lipinski definition) is 3. The van der Waals surface area contributed by atoms with Gasteiger partial charge in [-0.15, -0.1) is 0 Å². The number of carbonyl (C=O) groups is 2. The molecule has 1 atom stereocenters. The van der Waals surface area contributed by atoms with Gasteiger partial charge in [0.15, 0.2) is 0 Å². The largest absolute Gasteiger partial charge is 0.481 e. The summed E-state index contributed by atoms with van der Waals surface area (Å²) in [4.78, 5) is 23.3. The van der Waals surface area contributed by atoms with E-state index in [0.29, 0.717) is 0 Å². The first-order chi connectivity index (χ1) is 13.6. The van der Waals surface area contributed by atoms with E-state index in [-0.39, 0.29) is 38.9 Å². The van der Waals surface area contributed by atoms with Crippen molar-refractivity contribution in [3.8, 4) is 11.1 Å². The molecule has 0 fully saturated rings. The van der Waals surface area contributed by atoms with E-state index in [1.54, 1.807) is 0 Å². The van der Waals surface area contributed by atoms with Crippen molar-refractivity contribution in [3.63, 3.8) is 0 Å². The van der Waals surface area contributed by atoms with E-state index < -0.39 is 18.0 Å². The molecule has 3 N–H and O–H groups in total. The van der Waals surface area contributed by atoms with Gasteiger partial charge in [0.1, 0.15) is 6.61 Å². The molecule has 0 bridgehead atoms. The first-order valence-electron chi connectivity index (χ1n) is 9.12. The van der Waals surface area contributed by atoms with Gasteiger partial charge in [-0.25, -0.2) is 4.79 Å². The zero-order valence-electron chi connectivity index (χ0n) is 15.3. The fourth-order valence-electron chi connectivity index (χ4n) is 3.36. The van der Waals surface area contributed by atoms with Gasteiger partial charge < -0.3 is 25.0 Å². The van der Waals surface area contributed by atoms with Crippen molar-refractivity contribution in [1.82, 2.24) is 5.32 Å². The van der Waals surface area contributed by atoms with Crippen molar-refractivity contribution in [2.24, 2.45) is 5.92 Å². The fraction of sp³-hybridized carbons (Fsp3) is 0.333. The quantitative estimate of drug-likeness (QED) is 0.572. The third-order valence-electron chi connectivity index (χ3n) is 4.74. The number of aliphatic hydroxyl groups is 1. The van der Waals surface area contributed by atoms with Gasteiger partial charge in [0.2, 0.25) is 0 Å². The van der Waals surface area contributed by atoms with Crippen LogP contribution in [0.1, 0.15) is 17.0 Å². The summed E-state index contributed by atoms with van der Waals surface area (Å²) in [6.45, 7) is -0.184. The van der Waals surface area contributed by atoms with E-state index in [1.807, 2.05) is 36.4 Å². The Morgan fingerprint density at radius 1 is 1.04 bits per heavy atom. The number of benzene rings is 2. The molecule has 28 heavy (non-hydrogen) atoms. The van der Waals surface area contributed by atoms with Crippen LogP contribution in [0.2, 0.25) is 0 Å². The predicted molar refractivity (Wildman–Crippen MR) is 102 cm³/mol. The van der Waals surface area contributed by atoms with Gasteiger partial charge in [-0.05, 0) is 22.3 Å². The van der Waals surface area contributed by atoms with Crippen LogP contribution in [-0.2, 0) is 14.3 Å².